The lowest BCUT2D eigenvalue weighted by atomic mass is 10.3. The molecule has 1 fully saturated rings. The van der Waals surface area contributed by atoms with Crippen molar-refractivity contribution in [2.24, 2.45) is 0 Å². The van der Waals surface area contributed by atoms with E-state index < -0.39 is 0 Å². The number of hydrogen-bond donors (Lipinski definition) is 1. The molecular formula is C15H33N3O. The van der Waals surface area contributed by atoms with Crippen LogP contribution in [0.5, 0.6) is 0 Å². The third-order valence-electron chi connectivity index (χ3n) is 3.56. The number of nitrogens with one attached hydrogen (secondary N) is 1. The first-order chi connectivity index (χ1) is 9.22. The maximum absolute atomic E-state index is 5.52. The van der Waals surface area contributed by atoms with Gasteiger partial charge in [0.15, 0.2) is 0 Å². The first-order valence-corrected chi connectivity index (χ1v) is 7.99. The zero-order chi connectivity index (χ0) is 13.9. The summed E-state index contributed by atoms with van der Waals surface area (Å²) in [6.45, 7) is 16.9. The minimum Gasteiger partial charge on any atom is -0.379 e. The Hall–Kier alpha value is -0.160. The quantitative estimate of drug-likeness (QED) is 0.608. The van der Waals surface area contributed by atoms with E-state index in [9.17, 15) is 0 Å². The Bertz CT molecular complexity index is 204. The Kier molecular flexibility index (Phi) is 9.43. The fourth-order valence-corrected chi connectivity index (χ4v) is 2.43. The first kappa shape index (κ1) is 16.9. The van der Waals surface area contributed by atoms with Crippen LogP contribution < -0.4 is 5.32 Å². The van der Waals surface area contributed by atoms with E-state index in [1.807, 2.05) is 0 Å². The molecule has 0 aliphatic carbocycles. The molecule has 1 saturated heterocycles. The summed E-state index contributed by atoms with van der Waals surface area (Å²) in [5, 5.41) is 3.51. The van der Waals surface area contributed by atoms with Crippen LogP contribution in [0.25, 0.3) is 0 Å². The molecule has 1 aliphatic rings. The molecule has 0 spiro atoms. The molecule has 0 amide bonds. The van der Waals surface area contributed by atoms with Crippen LogP contribution in [-0.2, 0) is 4.74 Å². The van der Waals surface area contributed by atoms with Crippen molar-refractivity contribution in [3.8, 4) is 0 Å². The monoisotopic (exact) mass is 271 g/mol. The SMILES string of the molecule is CCCN1CCN(CCNCCCOC(C)C)CC1. The van der Waals surface area contributed by atoms with E-state index in [4.69, 9.17) is 4.74 Å². The lowest BCUT2D eigenvalue weighted by Crippen LogP contribution is -2.48. The number of piperazine rings is 1. The number of hydrogen-bond acceptors (Lipinski definition) is 4. The predicted molar refractivity (Wildman–Crippen MR) is 81.7 cm³/mol. The standard InChI is InChI=1S/C15H33N3O/c1-4-8-17-10-12-18(13-11-17)9-7-16-6-5-14-19-15(2)3/h15-16H,4-14H2,1-3H3. The van der Waals surface area contributed by atoms with Gasteiger partial charge in [0.1, 0.15) is 0 Å². The zero-order valence-corrected chi connectivity index (χ0v) is 13.2. The van der Waals surface area contributed by atoms with E-state index in [1.54, 1.807) is 0 Å². The Morgan fingerprint density at radius 1 is 1.00 bits per heavy atom. The number of ether oxygens (including phenoxy) is 1. The highest BCUT2D eigenvalue weighted by Crippen LogP contribution is 2.01. The Morgan fingerprint density at radius 3 is 2.21 bits per heavy atom. The van der Waals surface area contributed by atoms with Crippen molar-refractivity contribution in [2.75, 3.05) is 59.0 Å². The van der Waals surface area contributed by atoms with E-state index in [-0.39, 0.29) is 0 Å². The highest BCUT2D eigenvalue weighted by molar-refractivity contribution is 4.71. The second-order valence-corrected chi connectivity index (χ2v) is 5.71. The second kappa shape index (κ2) is 10.6. The highest BCUT2D eigenvalue weighted by Gasteiger charge is 2.14. The molecule has 114 valence electrons. The molecule has 0 atom stereocenters. The van der Waals surface area contributed by atoms with Crippen molar-refractivity contribution in [1.82, 2.24) is 15.1 Å². The summed E-state index contributed by atoms with van der Waals surface area (Å²) in [6.07, 6.45) is 2.75. The van der Waals surface area contributed by atoms with Crippen molar-refractivity contribution in [3.63, 3.8) is 0 Å². The smallest absolute Gasteiger partial charge is 0.0518 e. The highest BCUT2D eigenvalue weighted by atomic mass is 16.5. The Balaban J connectivity index is 1.88. The van der Waals surface area contributed by atoms with Crippen molar-refractivity contribution in [2.45, 2.75) is 39.7 Å². The molecule has 19 heavy (non-hydrogen) atoms. The van der Waals surface area contributed by atoms with Gasteiger partial charge < -0.3 is 15.0 Å². The van der Waals surface area contributed by atoms with Crippen molar-refractivity contribution in [1.29, 1.82) is 0 Å². The average Bonchev–Trinajstić information content (AvgIpc) is 2.39. The molecule has 0 radical (unpaired) electrons. The van der Waals surface area contributed by atoms with Gasteiger partial charge >= 0.3 is 0 Å². The topological polar surface area (TPSA) is 27.7 Å². The molecule has 1 N–H and O–H groups in total. The minimum atomic E-state index is 0.361. The first-order valence-electron chi connectivity index (χ1n) is 7.99. The molecule has 0 saturated carbocycles. The minimum absolute atomic E-state index is 0.361. The van der Waals surface area contributed by atoms with Crippen LogP contribution >= 0.6 is 0 Å². The summed E-state index contributed by atoms with van der Waals surface area (Å²) >= 11 is 0. The molecule has 0 bridgehead atoms. The second-order valence-electron chi connectivity index (χ2n) is 5.71. The maximum atomic E-state index is 5.52. The van der Waals surface area contributed by atoms with Gasteiger partial charge in [0.2, 0.25) is 0 Å². The predicted octanol–water partition coefficient (Wildman–Crippen LogP) is 1.42. The molecule has 4 nitrogen and oxygen atoms in total. The van der Waals surface area contributed by atoms with Crippen molar-refractivity contribution >= 4 is 0 Å². The van der Waals surface area contributed by atoms with Gasteiger partial charge in [0, 0.05) is 45.9 Å². The summed E-state index contributed by atoms with van der Waals surface area (Å²) < 4.78 is 5.52. The summed E-state index contributed by atoms with van der Waals surface area (Å²) in [5.74, 6) is 0. The fourth-order valence-electron chi connectivity index (χ4n) is 2.43. The van der Waals surface area contributed by atoms with Gasteiger partial charge in [0.25, 0.3) is 0 Å². The summed E-state index contributed by atoms with van der Waals surface area (Å²) in [6, 6.07) is 0. The Morgan fingerprint density at radius 2 is 1.63 bits per heavy atom. The molecule has 0 aromatic rings. The van der Waals surface area contributed by atoms with E-state index >= 15 is 0 Å². The van der Waals surface area contributed by atoms with Crippen molar-refractivity contribution < 1.29 is 4.74 Å². The van der Waals surface area contributed by atoms with Gasteiger partial charge in [0.05, 0.1) is 6.10 Å². The van der Waals surface area contributed by atoms with E-state index in [1.165, 1.54) is 45.7 Å². The molecule has 0 unspecified atom stereocenters. The van der Waals surface area contributed by atoms with Gasteiger partial charge in [-0.2, -0.15) is 0 Å². The Labute approximate surface area is 119 Å². The summed E-state index contributed by atoms with van der Waals surface area (Å²) in [7, 11) is 0. The van der Waals surface area contributed by atoms with Crippen LogP contribution in [0.2, 0.25) is 0 Å². The average molecular weight is 271 g/mol. The largest absolute Gasteiger partial charge is 0.379 e. The van der Waals surface area contributed by atoms with Crippen molar-refractivity contribution in [3.05, 3.63) is 0 Å². The maximum Gasteiger partial charge on any atom is 0.0518 e. The molecular weight excluding hydrogens is 238 g/mol. The van der Waals surface area contributed by atoms with Crippen LogP contribution in [0.15, 0.2) is 0 Å². The van der Waals surface area contributed by atoms with E-state index in [2.05, 4.69) is 35.9 Å². The third kappa shape index (κ3) is 8.58. The van der Waals surface area contributed by atoms with Crippen LogP contribution in [0.4, 0.5) is 0 Å². The molecule has 1 aliphatic heterocycles. The van der Waals surface area contributed by atoms with E-state index in [0.29, 0.717) is 6.10 Å². The summed E-state index contributed by atoms with van der Waals surface area (Å²) in [4.78, 5) is 5.15. The normalized spacial score (nSPS) is 18.3. The van der Waals surface area contributed by atoms with Gasteiger partial charge in [-0.05, 0) is 39.8 Å². The van der Waals surface area contributed by atoms with Crippen LogP contribution in [0.3, 0.4) is 0 Å². The van der Waals surface area contributed by atoms with E-state index in [0.717, 1.165) is 26.1 Å². The summed E-state index contributed by atoms with van der Waals surface area (Å²) in [5.41, 5.74) is 0. The van der Waals surface area contributed by atoms with Gasteiger partial charge in [-0.25, -0.2) is 0 Å². The van der Waals surface area contributed by atoms with Gasteiger partial charge in [-0.1, -0.05) is 6.92 Å². The third-order valence-corrected chi connectivity index (χ3v) is 3.56. The van der Waals surface area contributed by atoms with Crippen LogP contribution in [0, 0.1) is 0 Å². The molecule has 1 rings (SSSR count). The molecule has 1 heterocycles. The zero-order valence-electron chi connectivity index (χ0n) is 13.2. The molecule has 4 heteroatoms. The lowest BCUT2D eigenvalue weighted by molar-refractivity contribution is 0.0768. The molecule has 0 aromatic heterocycles. The van der Waals surface area contributed by atoms with Gasteiger partial charge in [-0.3, -0.25) is 4.90 Å². The van der Waals surface area contributed by atoms with Gasteiger partial charge in [-0.15, -0.1) is 0 Å². The number of nitrogens with zero attached hydrogens (tertiary/aromatic N) is 2. The lowest BCUT2D eigenvalue weighted by Gasteiger charge is -2.34. The fraction of sp³-hybridized carbons (Fsp3) is 1.00. The van der Waals surface area contributed by atoms with Crippen LogP contribution in [-0.4, -0.2) is 74.9 Å². The number of rotatable bonds is 10. The molecule has 0 aromatic carbocycles. The van der Waals surface area contributed by atoms with Crippen LogP contribution in [0.1, 0.15) is 33.6 Å².